The Morgan fingerprint density at radius 3 is 2.92 bits per heavy atom. The van der Waals surface area contributed by atoms with Crippen molar-refractivity contribution in [1.29, 1.82) is 0 Å². The van der Waals surface area contributed by atoms with Gasteiger partial charge in [0.05, 0.1) is 23.3 Å². The summed E-state index contributed by atoms with van der Waals surface area (Å²) in [5, 5.41) is 3.28. The third-order valence-electron chi connectivity index (χ3n) is 3.72. The number of halogens is 1. The largest absolute Gasteiger partial charge is 0.488 e. The number of amides is 2. The van der Waals surface area contributed by atoms with Crippen molar-refractivity contribution in [2.24, 2.45) is 0 Å². The number of para-hydroxylation sites is 1. The van der Waals surface area contributed by atoms with Gasteiger partial charge < -0.3 is 19.4 Å². The van der Waals surface area contributed by atoms with Crippen LogP contribution >= 0.6 is 11.6 Å². The number of anilines is 1. The molecule has 1 aromatic carbocycles. The van der Waals surface area contributed by atoms with Gasteiger partial charge in [-0.3, -0.25) is 0 Å². The Bertz CT molecular complexity index is 805. The topological polar surface area (TPSA) is 71.8 Å². The number of nitrogens with zero attached hydrogens (tertiary/aromatic N) is 1. The van der Waals surface area contributed by atoms with Gasteiger partial charge in [-0.25, -0.2) is 9.59 Å². The van der Waals surface area contributed by atoms with Crippen molar-refractivity contribution in [2.45, 2.75) is 19.4 Å². The lowest BCUT2D eigenvalue weighted by molar-refractivity contribution is 0.193. The first-order chi connectivity index (χ1) is 11.5. The smallest absolute Gasteiger partial charge is 0.339 e. The monoisotopic (exact) mass is 348 g/mol. The molecule has 2 aromatic rings. The van der Waals surface area contributed by atoms with Crippen molar-refractivity contribution in [3.8, 4) is 5.75 Å². The van der Waals surface area contributed by atoms with Gasteiger partial charge in [0.25, 0.3) is 0 Å². The minimum atomic E-state index is -0.448. The number of aryl methyl sites for hydroxylation is 1. The first-order valence-electron chi connectivity index (χ1n) is 7.60. The van der Waals surface area contributed by atoms with Crippen LogP contribution in [0.5, 0.6) is 5.75 Å². The van der Waals surface area contributed by atoms with Gasteiger partial charge in [0, 0.05) is 19.0 Å². The number of rotatable bonds is 3. The third-order valence-corrected chi connectivity index (χ3v) is 4.05. The fraction of sp³-hybridized carbons (Fsp3) is 0.294. The second-order valence-electron chi connectivity index (χ2n) is 5.61. The summed E-state index contributed by atoms with van der Waals surface area (Å²) in [4.78, 5) is 25.3. The van der Waals surface area contributed by atoms with Crippen molar-refractivity contribution in [1.82, 2.24) is 4.90 Å². The van der Waals surface area contributed by atoms with Gasteiger partial charge in [0.15, 0.2) is 0 Å². The fourth-order valence-electron chi connectivity index (χ4n) is 2.60. The molecule has 0 saturated carbocycles. The van der Waals surface area contributed by atoms with Crippen LogP contribution in [0.15, 0.2) is 45.6 Å². The second-order valence-corrected chi connectivity index (χ2v) is 6.01. The summed E-state index contributed by atoms with van der Waals surface area (Å²) >= 11 is 6.04. The molecule has 1 atom stereocenters. The fourth-order valence-corrected chi connectivity index (χ4v) is 2.78. The van der Waals surface area contributed by atoms with Crippen LogP contribution in [-0.4, -0.2) is 30.1 Å². The molecule has 2 amide bonds. The molecule has 126 valence electrons. The molecule has 0 bridgehead atoms. The van der Waals surface area contributed by atoms with E-state index in [0.29, 0.717) is 41.7 Å². The van der Waals surface area contributed by atoms with Crippen LogP contribution in [-0.2, 0) is 0 Å². The Kier molecular flexibility index (Phi) is 4.76. The third kappa shape index (κ3) is 3.89. The molecule has 3 rings (SSSR count). The number of carbonyl (C=O) groups excluding carboxylic acids is 1. The van der Waals surface area contributed by atoms with E-state index in [2.05, 4.69) is 5.32 Å². The summed E-state index contributed by atoms with van der Waals surface area (Å²) < 4.78 is 10.7. The minimum absolute atomic E-state index is 0.164. The molecule has 1 N–H and O–H groups in total. The number of carbonyl (C=O) groups is 1. The van der Waals surface area contributed by atoms with Gasteiger partial charge in [-0.2, -0.15) is 0 Å². The van der Waals surface area contributed by atoms with E-state index in [0.717, 1.165) is 0 Å². The highest BCUT2D eigenvalue weighted by Crippen LogP contribution is 2.23. The highest BCUT2D eigenvalue weighted by molar-refractivity contribution is 6.33. The number of likely N-dealkylation sites (tertiary alicyclic amines) is 1. The minimum Gasteiger partial charge on any atom is -0.488 e. The molecule has 1 aliphatic rings. The van der Waals surface area contributed by atoms with E-state index in [1.807, 2.05) is 0 Å². The quantitative estimate of drug-likeness (QED) is 0.923. The average Bonchev–Trinajstić information content (AvgIpc) is 2.97. The van der Waals surface area contributed by atoms with Gasteiger partial charge >= 0.3 is 11.7 Å². The number of nitrogens with one attached hydrogen (secondary N) is 1. The van der Waals surface area contributed by atoms with Crippen LogP contribution < -0.4 is 15.7 Å². The van der Waals surface area contributed by atoms with Crippen LogP contribution in [0.2, 0.25) is 5.02 Å². The zero-order valence-corrected chi connectivity index (χ0v) is 13.9. The summed E-state index contributed by atoms with van der Waals surface area (Å²) in [6.45, 7) is 2.70. The Labute approximate surface area is 144 Å². The molecule has 1 aromatic heterocycles. The predicted molar refractivity (Wildman–Crippen MR) is 90.8 cm³/mol. The molecule has 0 unspecified atom stereocenters. The summed E-state index contributed by atoms with van der Waals surface area (Å²) in [5.74, 6) is 0.950. The maximum atomic E-state index is 12.3. The number of hydrogen-bond donors (Lipinski definition) is 1. The number of ether oxygens (including phenoxy) is 1. The van der Waals surface area contributed by atoms with Gasteiger partial charge in [-0.15, -0.1) is 0 Å². The maximum Gasteiger partial charge on any atom is 0.339 e. The van der Waals surface area contributed by atoms with Crippen molar-refractivity contribution in [2.75, 3.05) is 18.4 Å². The van der Waals surface area contributed by atoms with Gasteiger partial charge in [-0.1, -0.05) is 23.7 Å². The summed E-state index contributed by atoms with van der Waals surface area (Å²) in [6.07, 6.45) is 0.526. The molecule has 24 heavy (non-hydrogen) atoms. The SMILES string of the molecule is Cc1cc(O[C@@H]2CCN(C(=O)Nc3ccccc3Cl)C2)cc(=O)o1. The normalized spacial score (nSPS) is 16.9. The zero-order chi connectivity index (χ0) is 17.1. The van der Waals surface area contributed by atoms with Crippen LogP contribution in [0.4, 0.5) is 10.5 Å². The summed E-state index contributed by atoms with van der Waals surface area (Å²) in [5.41, 5.74) is 0.126. The Hall–Kier alpha value is -2.47. The van der Waals surface area contributed by atoms with E-state index < -0.39 is 5.63 Å². The zero-order valence-electron chi connectivity index (χ0n) is 13.1. The predicted octanol–water partition coefficient (Wildman–Crippen LogP) is 3.29. The van der Waals surface area contributed by atoms with E-state index in [-0.39, 0.29) is 12.1 Å². The Balaban J connectivity index is 1.59. The van der Waals surface area contributed by atoms with E-state index >= 15 is 0 Å². The molecule has 1 fully saturated rings. The van der Waals surface area contributed by atoms with Crippen LogP contribution in [0.25, 0.3) is 0 Å². The summed E-state index contributed by atoms with van der Waals surface area (Å²) in [7, 11) is 0. The molecule has 2 heterocycles. The number of urea groups is 1. The Morgan fingerprint density at radius 2 is 2.17 bits per heavy atom. The molecule has 0 spiro atoms. The second kappa shape index (κ2) is 6.97. The lowest BCUT2D eigenvalue weighted by Gasteiger charge is -2.18. The first kappa shape index (κ1) is 16.4. The first-order valence-corrected chi connectivity index (χ1v) is 7.98. The number of hydrogen-bond acceptors (Lipinski definition) is 4. The summed E-state index contributed by atoms with van der Waals surface area (Å²) in [6, 6.07) is 9.81. The van der Waals surface area contributed by atoms with E-state index in [9.17, 15) is 9.59 Å². The van der Waals surface area contributed by atoms with Crippen LogP contribution in [0, 0.1) is 6.92 Å². The highest BCUT2D eigenvalue weighted by Gasteiger charge is 2.28. The molecule has 1 saturated heterocycles. The molecular weight excluding hydrogens is 332 g/mol. The molecule has 1 aliphatic heterocycles. The van der Waals surface area contributed by atoms with Gasteiger partial charge in [0.2, 0.25) is 0 Å². The van der Waals surface area contributed by atoms with Crippen molar-refractivity contribution < 1.29 is 13.9 Å². The van der Waals surface area contributed by atoms with E-state index in [1.54, 1.807) is 42.2 Å². The van der Waals surface area contributed by atoms with Crippen molar-refractivity contribution >= 4 is 23.3 Å². The number of benzene rings is 1. The van der Waals surface area contributed by atoms with Crippen molar-refractivity contribution in [3.63, 3.8) is 0 Å². The van der Waals surface area contributed by atoms with Crippen molar-refractivity contribution in [3.05, 3.63) is 57.6 Å². The lowest BCUT2D eigenvalue weighted by Crippen LogP contribution is -2.34. The average molecular weight is 349 g/mol. The van der Waals surface area contributed by atoms with E-state index in [4.69, 9.17) is 20.8 Å². The standard InChI is InChI=1S/C17H17ClN2O4/c1-11-8-13(9-16(21)23-11)24-12-6-7-20(10-12)17(22)19-15-5-3-2-4-14(15)18/h2-5,8-9,12H,6-7,10H2,1H3,(H,19,22)/t12-/m1/s1. The molecular formula is C17H17ClN2O4. The van der Waals surface area contributed by atoms with Crippen LogP contribution in [0.3, 0.4) is 0 Å². The maximum absolute atomic E-state index is 12.3. The highest BCUT2D eigenvalue weighted by atomic mass is 35.5. The van der Waals surface area contributed by atoms with E-state index in [1.165, 1.54) is 6.07 Å². The molecule has 0 radical (unpaired) electrons. The molecule has 0 aliphatic carbocycles. The van der Waals surface area contributed by atoms with Crippen LogP contribution in [0.1, 0.15) is 12.2 Å². The Morgan fingerprint density at radius 1 is 1.38 bits per heavy atom. The van der Waals surface area contributed by atoms with Gasteiger partial charge in [0.1, 0.15) is 17.6 Å². The molecule has 6 nitrogen and oxygen atoms in total. The lowest BCUT2D eigenvalue weighted by atomic mass is 10.3. The van der Waals surface area contributed by atoms with Gasteiger partial charge in [-0.05, 0) is 19.1 Å². The molecule has 7 heteroatoms.